The van der Waals surface area contributed by atoms with E-state index in [4.69, 9.17) is 16.3 Å². The molecule has 1 heterocycles. The van der Waals surface area contributed by atoms with Gasteiger partial charge in [-0.2, -0.15) is 5.10 Å². The van der Waals surface area contributed by atoms with Crippen LogP contribution in [0, 0.1) is 0 Å². The van der Waals surface area contributed by atoms with Crippen molar-refractivity contribution in [2.75, 3.05) is 13.2 Å². The summed E-state index contributed by atoms with van der Waals surface area (Å²) < 4.78 is 7.59. The van der Waals surface area contributed by atoms with Gasteiger partial charge in [-0.15, -0.1) is 0 Å². The lowest BCUT2D eigenvalue weighted by atomic mass is 10.0. The Labute approximate surface area is 108 Å². The maximum Gasteiger partial charge on any atom is 0.0835 e. The molecule has 0 aliphatic heterocycles. The fourth-order valence-electron chi connectivity index (χ4n) is 2.06. The fourth-order valence-corrected chi connectivity index (χ4v) is 2.34. The number of nitrogens with one attached hydrogen (secondary N) is 1. The predicted octanol–water partition coefficient (Wildman–Crippen LogP) is 2.54. The summed E-state index contributed by atoms with van der Waals surface area (Å²) in [6, 6.07) is 0.0879. The topological polar surface area (TPSA) is 39.1 Å². The second kappa shape index (κ2) is 6.99. The highest BCUT2D eigenvalue weighted by atomic mass is 35.5. The molecule has 0 aromatic carbocycles. The Morgan fingerprint density at radius 2 is 2.18 bits per heavy atom. The van der Waals surface area contributed by atoms with Gasteiger partial charge < -0.3 is 10.1 Å². The van der Waals surface area contributed by atoms with Gasteiger partial charge in [-0.05, 0) is 19.9 Å². The van der Waals surface area contributed by atoms with Crippen LogP contribution in [0.5, 0.6) is 0 Å². The normalized spacial score (nSPS) is 14.9. The third-order valence-corrected chi connectivity index (χ3v) is 3.10. The number of hydrogen-bond donors (Lipinski definition) is 1. The molecule has 98 valence electrons. The molecule has 0 aliphatic rings. The van der Waals surface area contributed by atoms with Crippen LogP contribution >= 0.6 is 11.6 Å². The number of likely N-dealkylation sites (N-methyl/N-ethyl adjacent to an activating group) is 1. The van der Waals surface area contributed by atoms with Crippen LogP contribution < -0.4 is 5.32 Å². The summed E-state index contributed by atoms with van der Waals surface area (Å²) in [6.45, 7) is 7.78. The largest absolute Gasteiger partial charge is 0.376 e. The molecule has 1 aromatic heterocycles. The van der Waals surface area contributed by atoms with Gasteiger partial charge in [0, 0.05) is 13.7 Å². The maximum absolute atomic E-state index is 6.20. The predicted molar refractivity (Wildman–Crippen MR) is 70.3 cm³/mol. The van der Waals surface area contributed by atoms with Crippen LogP contribution in [0.15, 0.2) is 6.20 Å². The molecule has 17 heavy (non-hydrogen) atoms. The first kappa shape index (κ1) is 14.5. The molecule has 2 unspecified atom stereocenters. The summed E-state index contributed by atoms with van der Waals surface area (Å²) in [4.78, 5) is 0. The Morgan fingerprint density at radius 1 is 1.47 bits per heavy atom. The number of ether oxygens (including phenoxy) is 1. The van der Waals surface area contributed by atoms with Crippen LogP contribution in [0.3, 0.4) is 0 Å². The van der Waals surface area contributed by atoms with E-state index >= 15 is 0 Å². The van der Waals surface area contributed by atoms with E-state index in [-0.39, 0.29) is 12.1 Å². The van der Waals surface area contributed by atoms with E-state index in [9.17, 15) is 0 Å². The summed E-state index contributed by atoms with van der Waals surface area (Å²) in [5, 5.41) is 8.31. The highest BCUT2D eigenvalue weighted by Crippen LogP contribution is 2.27. The maximum atomic E-state index is 6.20. The molecule has 0 aliphatic carbocycles. The van der Waals surface area contributed by atoms with Gasteiger partial charge in [-0.25, -0.2) is 0 Å². The first-order chi connectivity index (χ1) is 8.15. The van der Waals surface area contributed by atoms with E-state index in [1.807, 2.05) is 18.7 Å². The van der Waals surface area contributed by atoms with Gasteiger partial charge in [0.2, 0.25) is 0 Å². The second-order valence-corrected chi connectivity index (χ2v) is 4.35. The monoisotopic (exact) mass is 259 g/mol. The number of nitrogens with zero attached hydrogens (tertiary/aromatic N) is 2. The van der Waals surface area contributed by atoms with Crippen molar-refractivity contribution in [2.45, 2.75) is 39.3 Å². The van der Waals surface area contributed by atoms with Gasteiger partial charge in [-0.3, -0.25) is 4.68 Å². The van der Waals surface area contributed by atoms with Crippen LogP contribution in [0.1, 0.15) is 38.9 Å². The highest BCUT2D eigenvalue weighted by molar-refractivity contribution is 6.31. The minimum Gasteiger partial charge on any atom is -0.376 e. The van der Waals surface area contributed by atoms with E-state index in [1.54, 1.807) is 6.20 Å². The molecule has 1 N–H and O–H groups in total. The van der Waals surface area contributed by atoms with Crippen molar-refractivity contribution in [1.82, 2.24) is 15.1 Å². The van der Waals surface area contributed by atoms with Crippen molar-refractivity contribution in [3.63, 3.8) is 0 Å². The van der Waals surface area contributed by atoms with Crippen LogP contribution in [-0.2, 0) is 11.8 Å². The van der Waals surface area contributed by atoms with Crippen molar-refractivity contribution in [3.8, 4) is 0 Å². The lowest BCUT2D eigenvalue weighted by Crippen LogP contribution is -2.35. The molecule has 0 saturated carbocycles. The Hall–Kier alpha value is -0.580. The molecule has 1 rings (SSSR count). The van der Waals surface area contributed by atoms with Crippen LogP contribution in [0.2, 0.25) is 5.02 Å². The zero-order valence-electron chi connectivity index (χ0n) is 11.0. The lowest BCUT2D eigenvalue weighted by Gasteiger charge is -2.27. The molecular weight excluding hydrogens is 238 g/mol. The summed E-state index contributed by atoms with van der Waals surface area (Å²) >= 11 is 6.20. The molecule has 0 radical (unpaired) electrons. The number of hydrogen-bond acceptors (Lipinski definition) is 3. The Balaban J connectivity index is 2.98. The molecule has 0 amide bonds. The summed E-state index contributed by atoms with van der Waals surface area (Å²) in [6.07, 6.45) is 2.74. The van der Waals surface area contributed by atoms with Crippen molar-refractivity contribution >= 4 is 11.6 Å². The van der Waals surface area contributed by atoms with Gasteiger partial charge in [0.15, 0.2) is 0 Å². The Kier molecular flexibility index (Phi) is 5.95. The second-order valence-electron chi connectivity index (χ2n) is 3.94. The van der Waals surface area contributed by atoms with Crippen LogP contribution in [-0.4, -0.2) is 29.0 Å². The molecule has 4 nitrogen and oxygen atoms in total. The van der Waals surface area contributed by atoms with Crippen molar-refractivity contribution in [2.24, 2.45) is 7.05 Å². The van der Waals surface area contributed by atoms with E-state index in [1.165, 1.54) is 0 Å². The quantitative estimate of drug-likeness (QED) is 0.818. The molecule has 0 spiro atoms. The van der Waals surface area contributed by atoms with Crippen LogP contribution in [0.25, 0.3) is 0 Å². The fraction of sp³-hybridized carbons (Fsp3) is 0.750. The first-order valence-electron chi connectivity index (χ1n) is 6.17. The zero-order valence-corrected chi connectivity index (χ0v) is 11.8. The third kappa shape index (κ3) is 3.44. The van der Waals surface area contributed by atoms with Gasteiger partial charge >= 0.3 is 0 Å². The number of rotatable bonds is 7. The zero-order chi connectivity index (χ0) is 12.8. The summed E-state index contributed by atoms with van der Waals surface area (Å²) in [7, 11) is 1.91. The van der Waals surface area contributed by atoms with E-state index in [0.717, 1.165) is 18.7 Å². The third-order valence-electron chi connectivity index (χ3n) is 2.81. The SMILES string of the molecule is CCNC(c1c(Cl)cnn1C)C(CC)OCC. The average molecular weight is 260 g/mol. The Bertz CT molecular complexity index is 321. The molecule has 0 saturated heterocycles. The van der Waals surface area contributed by atoms with Crippen molar-refractivity contribution in [3.05, 3.63) is 16.9 Å². The van der Waals surface area contributed by atoms with Crippen LogP contribution in [0.4, 0.5) is 0 Å². The van der Waals surface area contributed by atoms with Gasteiger partial charge in [-0.1, -0.05) is 25.4 Å². The van der Waals surface area contributed by atoms with E-state index < -0.39 is 0 Å². The average Bonchev–Trinajstić information content (AvgIpc) is 2.64. The van der Waals surface area contributed by atoms with Gasteiger partial charge in [0.25, 0.3) is 0 Å². The molecule has 1 aromatic rings. The standard InChI is InChI=1S/C12H22ClN3O/c1-5-10(17-7-3)11(14-6-2)12-9(13)8-15-16(12)4/h8,10-11,14H,5-7H2,1-4H3. The summed E-state index contributed by atoms with van der Waals surface area (Å²) in [5.74, 6) is 0. The van der Waals surface area contributed by atoms with E-state index in [0.29, 0.717) is 11.6 Å². The molecular formula is C12H22ClN3O. The molecule has 2 atom stereocenters. The number of aryl methyl sites for hydroxylation is 1. The number of aromatic nitrogens is 2. The molecule has 0 bridgehead atoms. The molecule has 5 heteroatoms. The van der Waals surface area contributed by atoms with Gasteiger partial charge in [0.1, 0.15) is 0 Å². The smallest absolute Gasteiger partial charge is 0.0835 e. The van der Waals surface area contributed by atoms with E-state index in [2.05, 4.69) is 24.3 Å². The van der Waals surface area contributed by atoms with Crippen molar-refractivity contribution in [1.29, 1.82) is 0 Å². The Morgan fingerprint density at radius 3 is 2.59 bits per heavy atom. The first-order valence-corrected chi connectivity index (χ1v) is 6.55. The minimum atomic E-state index is 0.0879. The van der Waals surface area contributed by atoms with Crippen molar-refractivity contribution < 1.29 is 4.74 Å². The van der Waals surface area contributed by atoms with Gasteiger partial charge in [0.05, 0.1) is 29.1 Å². The highest BCUT2D eigenvalue weighted by Gasteiger charge is 2.26. The minimum absolute atomic E-state index is 0.0879. The lowest BCUT2D eigenvalue weighted by molar-refractivity contribution is 0.0298. The summed E-state index contributed by atoms with van der Waals surface area (Å²) in [5.41, 5.74) is 0.994. The number of halogens is 1. The molecule has 0 fully saturated rings.